The summed E-state index contributed by atoms with van der Waals surface area (Å²) in [6, 6.07) is 13.0. The molecule has 0 bridgehead atoms. The fourth-order valence-electron chi connectivity index (χ4n) is 3.24. The van der Waals surface area contributed by atoms with Crippen LogP contribution in [-0.2, 0) is 17.8 Å². The summed E-state index contributed by atoms with van der Waals surface area (Å²) in [5.41, 5.74) is 1.21. The van der Waals surface area contributed by atoms with Crippen molar-refractivity contribution in [2.75, 3.05) is 0 Å². The molecule has 0 aliphatic heterocycles. The van der Waals surface area contributed by atoms with Crippen molar-refractivity contribution in [3.63, 3.8) is 0 Å². The highest BCUT2D eigenvalue weighted by atomic mass is 35.5. The number of aryl methyl sites for hydroxylation is 1. The summed E-state index contributed by atoms with van der Waals surface area (Å²) in [5, 5.41) is 11.6. The third-order valence-corrected chi connectivity index (χ3v) is 5.25. The lowest BCUT2D eigenvalue weighted by Crippen LogP contribution is -2.22. The minimum atomic E-state index is -0.376. The van der Waals surface area contributed by atoms with Crippen molar-refractivity contribution in [2.24, 2.45) is 0 Å². The predicted molar refractivity (Wildman–Crippen MR) is 115 cm³/mol. The van der Waals surface area contributed by atoms with Crippen LogP contribution in [-0.4, -0.2) is 25.1 Å². The topological polar surface area (TPSA) is 81.3 Å². The quantitative estimate of drug-likeness (QED) is 0.479. The molecule has 0 fully saturated rings. The lowest BCUT2D eigenvalue weighted by Gasteiger charge is -2.07. The smallest absolute Gasteiger partial charge is 0.300 e. The van der Waals surface area contributed by atoms with E-state index in [1.54, 1.807) is 22.9 Å². The molecule has 1 amide bonds. The fraction of sp³-hybridized carbons (Fsp3) is 0.182. The standard InChI is InChI=1S/C22H19ClFN5O2/c23-18-5-2-1-4-15(18)14-25-20(30)7-3-6-19-26-27-21-22(31)28(12-13-29(19)21)17-10-8-16(24)9-11-17/h1-2,4-5,8-13H,3,6-7,14H2,(H,25,30). The van der Waals surface area contributed by atoms with Crippen molar-refractivity contribution >= 4 is 23.2 Å². The number of amides is 1. The average Bonchev–Trinajstić information content (AvgIpc) is 3.18. The van der Waals surface area contributed by atoms with E-state index in [9.17, 15) is 14.0 Å². The summed E-state index contributed by atoms with van der Waals surface area (Å²) in [4.78, 5) is 24.8. The molecular weight excluding hydrogens is 421 g/mol. The molecule has 2 aromatic heterocycles. The molecule has 0 saturated carbocycles. The first-order chi connectivity index (χ1) is 15.0. The molecule has 4 aromatic rings. The van der Waals surface area contributed by atoms with E-state index in [0.717, 1.165) is 5.56 Å². The van der Waals surface area contributed by atoms with E-state index in [-0.39, 0.29) is 22.9 Å². The third-order valence-electron chi connectivity index (χ3n) is 4.88. The van der Waals surface area contributed by atoms with E-state index in [2.05, 4.69) is 15.5 Å². The molecular formula is C22H19ClFN5O2. The van der Waals surface area contributed by atoms with Crippen LogP contribution in [0.5, 0.6) is 0 Å². The minimum absolute atomic E-state index is 0.0904. The van der Waals surface area contributed by atoms with E-state index >= 15 is 0 Å². The van der Waals surface area contributed by atoms with Crippen molar-refractivity contribution in [1.82, 2.24) is 24.5 Å². The Hall–Kier alpha value is -3.52. The highest BCUT2D eigenvalue weighted by Gasteiger charge is 2.12. The number of halogens is 2. The Morgan fingerprint density at radius 2 is 1.84 bits per heavy atom. The van der Waals surface area contributed by atoms with Crippen LogP contribution < -0.4 is 10.9 Å². The molecule has 9 heteroatoms. The first-order valence-corrected chi connectivity index (χ1v) is 10.1. The van der Waals surface area contributed by atoms with Gasteiger partial charge in [-0.2, -0.15) is 0 Å². The van der Waals surface area contributed by atoms with Gasteiger partial charge in [0.2, 0.25) is 11.6 Å². The number of rotatable bonds is 7. The number of nitrogens with one attached hydrogen (secondary N) is 1. The second-order valence-electron chi connectivity index (χ2n) is 6.98. The van der Waals surface area contributed by atoms with Crippen molar-refractivity contribution in [1.29, 1.82) is 0 Å². The molecule has 31 heavy (non-hydrogen) atoms. The first kappa shape index (κ1) is 20.7. The summed E-state index contributed by atoms with van der Waals surface area (Å²) < 4.78 is 16.1. The molecule has 4 rings (SSSR count). The van der Waals surface area contributed by atoms with Gasteiger partial charge in [0, 0.05) is 42.5 Å². The number of hydrogen-bond donors (Lipinski definition) is 1. The summed E-state index contributed by atoms with van der Waals surface area (Å²) in [7, 11) is 0. The molecule has 0 spiro atoms. The summed E-state index contributed by atoms with van der Waals surface area (Å²) >= 11 is 6.09. The Morgan fingerprint density at radius 3 is 2.61 bits per heavy atom. The van der Waals surface area contributed by atoms with Crippen LogP contribution in [0.25, 0.3) is 11.3 Å². The maximum Gasteiger partial charge on any atom is 0.300 e. The first-order valence-electron chi connectivity index (χ1n) is 9.74. The Balaban J connectivity index is 1.38. The zero-order chi connectivity index (χ0) is 21.8. The highest BCUT2D eigenvalue weighted by molar-refractivity contribution is 6.31. The van der Waals surface area contributed by atoms with Gasteiger partial charge in [-0.3, -0.25) is 18.6 Å². The van der Waals surface area contributed by atoms with E-state index < -0.39 is 0 Å². The SMILES string of the molecule is O=C(CCCc1nnc2c(=O)n(-c3ccc(F)cc3)ccn12)NCc1ccccc1Cl. The van der Waals surface area contributed by atoms with Crippen LogP contribution in [0.1, 0.15) is 24.2 Å². The number of carbonyl (C=O) groups is 1. The van der Waals surface area contributed by atoms with Gasteiger partial charge in [0.15, 0.2) is 0 Å². The molecule has 0 unspecified atom stereocenters. The molecule has 2 heterocycles. The van der Waals surface area contributed by atoms with Crippen molar-refractivity contribution in [2.45, 2.75) is 25.8 Å². The van der Waals surface area contributed by atoms with Crippen LogP contribution in [0, 0.1) is 5.82 Å². The zero-order valence-corrected chi connectivity index (χ0v) is 17.2. The molecule has 158 valence electrons. The van der Waals surface area contributed by atoms with Gasteiger partial charge in [-0.25, -0.2) is 4.39 Å². The van der Waals surface area contributed by atoms with Gasteiger partial charge in [0.1, 0.15) is 11.6 Å². The van der Waals surface area contributed by atoms with Crippen LogP contribution in [0.15, 0.2) is 65.7 Å². The van der Waals surface area contributed by atoms with Crippen LogP contribution in [0.2, 0.25) is 5.02 Å². The van der Waals surface area contributed by atoms with Crippen LogP contribution in [0.3, 0.4) is 0 Å². The van der Waals surface area contributed by atoms with E-state index in [4.69, 9.17) is 11.6 Å². The Kier molecular flexibility index (Phi) is 6.08. The number of fused-ring (bicyclic) bond motifs is 1. The number of hydrogen-bond acceptors (Lipinski definition) is 4. The second kappa shape index (κ2) is 9.09. The molecule has 0 aliphatic rings. The van der Waals surface area contributed by atoms with Gasteiger partial charge < -0.3 is 5.32 Å². The van der Waals surface area contributed by atoms with Crippen molar-refractivity contribution in [3.8, 4) is 5.69 Å². The molecule has 0 atom stereocenters. The van der Waals surface area contributed by atoms with Gasteiger partial charge in [0.05, 0.1) is 0 Å². The number of nitrogens with zero attached hydrogens (tertiary/aromatic N) is 4. The molecule has 7 nitrogen and oxygen atoms in total. The summed E-state index contributed by atoms with van der Waals surface area (Å²) in [6.45, 7) is 0.370. The summed E-state index contributed by atoms with van der Waals surface area (Å²) in [6.07, 6.45) is 4.63. The lowest BCUT2D eigenvalue weighted by molar-refractivity contribution is -0.121. The highest BCUT2D eigenvalue weighted by Crippen LogP contribution is 2.14. The number of carbonyl (C=O) groups excluding carboxylic acids is 1. The minimum Gasteiger partial charge on any atom is -0.352 e. The van der Waals surface area contributed by atoms with Gasteiger partial charge in [-0.05, 0) is 42.3 Å². The van der Waals surface area contributed by atoms with E-state index in [1.807, 2.05) is 18.2 Å². The largest absolute Gasteiger partial charge is 0.352 e. The Labute approximate surface area is 182 Å². The fourth-order valence-corrected chi connectivity index (χ4v) is 3.44. The third kappa shape index (κ3) is 4.64. The lowest BCUT2D eigenvalue weighted by atomic mass is 10.2. The maximum absolute atomic E-state index is 13.1. The van der Waals surface area contributed by atoms with Crippen LogP contribution >= 0.6 is 11.6 Å². The average molecular weight is 440 g/mol. The molecule has 1 N–H and O–H groups in total. The van der Waals surface area contributed by atoms with Crippen molar-refractivity contribution < 1.29 is 9.18 Å². The number of benzene rings is 2. The maximum atomic E-state index is 13.1. The predicted octanol–water partition coefficient (Wildman–Crippen LogP) is 3.31. The molecule has 0 aliphatic carbocycles. The van der Waals surface area contributed by atoms with Gasteiger partial charge in [-0.15, -0.1) is 10.2 Å². The zero-order valence-electron chi connectivity index (χ0n) is 16.5. The van der Waals surface area contributed by atoms with Gasteiger partial charge in [-0.1, -0.05) is 29.8 Å². The normalized spacial score (nSPS) is 11.0. The van der Waals surface area contributed by atoms with E-state index in [1.165, 1.54) is 28.8 Å². The van der Waals surface area contributed by atoms with E-state index in [0.29, 0.717) is 42.3 Å². The van der Waals surface area contributed by atoms with Crippen LogP contribution in [0.4, 0.5) is 4.39 Å². The summed E-state index contributed by atoms with van der Waals surface area (Å²) in [5.74, 6) is 0.128. The Bertz CT molecular complexity index is 1280. The monoisotopic (exact) mass is 439 g/mol. The second-order valence-corrected chi connectivity index (χ2v) is 7.39. The number of aromatic nitrogens is 4. The Morgan fingerprint density at radius 1 is 1.06 bits per heavy atom. The molecule has 0 radical (unpaired) electrons. The van der Waals surface area contributed by atoms with Gasteiger partial charge in [0.25, 0.3) is 0 Å². The molecule has 0 saturated heterocycles. The molecule has 2 aromatic carbocycles. The van der Waals surface area contributed by atoms with Gasteiger partial charge >= 0.3 is 5.56 Å². The van der Waals surface area contributed by atoms with Crippen molar-refractivity contribution in [3.05, 3.63) is 93.5 Å².